The molecule has 0 bridgehead atoms. The summed E-state index contributed by atoms with van der Waals surface area (Å²) in [4.78, 5) is 26.9. The highest BCUT2D eigenvalue weighted by molar-refractivity contribution is 6.06. The van der Waals surface area contributed by atoms with Crippen LogP contribution in [0.5, 0.6) is 5.75 Å². The van der Waals surface area contributed by atoms with Crippen molar-refractivity contribution < 1.29 is 19.8 Å². The Balaban J connectivity index is 2.29. The Morgan fingerprint density at radius 3 is 2.65 bits per heavy atom. The van der Waals surface area contributed by atoms with Crippen LogP contribution in [-0.2, 0) is 0 Å². The predicted molar refractivity (Wildman–Crippen MR) is 72.0 cm³/mol. The number of hydrogen-bond acceptors (Lipinski definition) is 4. The van der Waals surface area contributed by atoms with E-state index in [1.807, 2.05) is 0 Å². The number of carboxylic acids is 1. The van der Waals surface area contributed by atoms with E-state index in [1.54, 1.807) is 13.0 Å². The molecule has 0 spiro atoms. The van der Waals surface area contributed by atoms with Crippen LogP contribution in [-0.4, -0.2) is 27.1 Å². The number of para-hydroxylation sites is 1. The Bertz CT molecular complexity index is 683. The van der Waals surface area contributed by atoms with Crippen LogP contribution in [0.25, 0.3) is 0 Å². The minimum Gasteiger partial charge on any atom is -0.505 e. The fourth-order valence-corrected chi connectivity index (χ4v) is 1.70. The van der Waals surface area contributed by atoms with Gasteiger partial charge in [-0.1, -0.05) is 6.07 Å². The van der Waals surface area contributed by atoms with Crippen LogP contribution in [0.4, 0.5) is 5.69 Å². The molecule has 102 valence electrons. The maximum absolute atomic E-state index is 12.0. The Labute approximate surface area is 114 Å². The molecule has 6 nitrogen and oxygen atoms in total. The van der Waals surface area contributed by atoms with Gasteiger partial charge in [0.1, 0.15) is 5.56 Å². The summed E-state index contributed by atoms with van der Waals surface area (Å²) in [5.41, 5.74) is 0.830. The van der Waals surface area contributed by atoms with Gasteiger partial charge < -0.3 is 15.5 Å². The fraction of sp³-hybridized carbons (Fsp3) is 0.0714. The first-order valence-corrected chi connectivity index (χ1v) is 5.78. The van der Waals surface area contributed by atoms with Crippen LogP contribution < -0.4 is 5.32 Å². The first-order chi connectivity index (χ1) is 9.49. The van der Waals surface area contributed by atoms with E-state index in [-0.39, 0.29) is 11.3 Å². The van der Waals surface area contributed by atoms with Gasteiger partial charge in [-0.3, -0.25) is 9.78 Å². The molecular weight excluding hydrogens is 260 g/mol. The number of amides is 1. The standard InChI is InChI=1S/C14H12N2O4/c1-8-7-9(5-6-15-8)13(18)16-11-4-2-3-10(12(11)17)14(19)20/h2-7,17H,1H3,(H,16,18)(H,19,20). The van der Waals surface area contributed by atoms with E-state index in [9.17, 15) is 14.7 Å². The van der Waals surface area contributed by atoms with Crippen molar-refractivity contribution in [2.24, 2.45) is 0 Å². The third-order valence-electron chi connectivity index (χ3n) is 2.67. The van der Waals surface area contributed by atoms with Crippen molar-refractivity contribution in [2.45, 2.75) is 6.92 Å². The van der Waals surface area contributed by atoms with E-state index in [0.717, 1.165) is 0 Å². The lowest BCUT2D eigenvalue weighted by atomic mass is 10.1. The summed E-state index contributed by atoms with van der Waals surface area (Å²) in [7, 11) is 0. The van der Waals surface area contributed by atoms with E-state index in [1.165, 1.54) is 30.5 Å². The number of hydrogen-bond donors (Lipinski definition) is 3. The van der Waals surface area contributed by atoms with Crippen LogP contribution in [0.1, 0.15) is 26.4 Å². The zero-order valence-electron chi connectivity index (χ0n) is 10.6. The molecule has 0 saturated carbocycles. The number of carboxylic acid groups (broad SMARTS) is 1. The average molecular weight is 272 g/mol. The first kappa shape index (κ1) is 13.5. The topological polar surface area (TPSA) is 99.5 Å². The summed E-state index contributed by atoms with van der Waals surface area (Å²) in [5, 5.41) is 21.2. The Morgan fingerprint density at radius 1 is 1.25 bits per heavy atom. The molecule has 0 aliphatic heterocycles. The second kappa shape index (κ2) is 5.40. The number of nitrogens with one attached hydrogen (secondary N) is 1. The highest BCUT2D eigenvalue weighted by atomic mass is 16.4. The fourth-order valence-electron chi connectivity index (χ4n) is 1.70. The Morgan fingerprint density at radius 2 is 2.00 bits per heavy atom. The van der Waals surface area contributed by atoms with Crippen molar-refractivity contribution in [3.05, 3.63) is 53.3 Å². The molecule has 0 aliphatic rings. The molecule has 2 aromatic rings. The van der Waals surface area contributed by atoms with Gasteiger partial charge in [-0.05, 0) is 31.2 Å². The molecule has 0 radical (unpaired) electrons. The molecule has 1 aromatic heterocycles. The van der Waals surface area contributed by atoms with E-state index in [4.69, 9.17) is 5.11 Å². The van der Waals surface area contributed by atoms with Gasteiger partial charge in [-0.2, -0.15) is 0 Å². The van der Waals surface area contributed by atoms with Crippen molar-refractivity contribution in [3.63, 3.8) is 0 Å². The molecule has 3 N–H and O–H groups in total. The summed E-state index contributed by atoms with van der Waals surface area (Å²) in [6, 6.07) is 7.24. The number of aryl methyl sites for hydroxylation is 1. The molecule has 1 amide bonds. The molecular formula is C14H12N2O4. The largest absolute Gasteiger partial charge is 0.505 e. The number of anilines is 1. The van der Waals surface area contributed by atoms with Gasteiger partial charge in [-0.15, -0.1) is 0 Å². The zero-order valence-corrected chi connectivity index (χ0v) is 10.6. The first-order valence-electron chi connectivity index (χ1n) is 5.78. The van der Waals surface area contributed by atoms with Crippen molar-refractivity contribution in [1.29, 1.82) is 0 Å². The van der Waals surface area contributed by atoms with Gasteiger partial charge in [0, 0.05) is 17.5 Å². The molecule has 2 rings (SSSR count). The van der Waals surface area contributed by atoms with Crippen LogP contribution in [0.2, 0.25) is 0 Å². The molecule has 1 aromatic carbocycles. The quantitative estimate of drug-likeness (QED) is 0.742. The maximum Gasteiger partial charge on any atom is 0.339 e. The van der Waals surface area contributed by atoms with Gasteiger partial charge in [0.25, 0.3) is 5.91 Å². The molecule has 1 heterocycles. The molecule has 0 fully saturated rings. The lowest BCUT2D eigenvalue weighted by Gasteiger charge is -2.09. The summed E-state index contributed by atoms with van der Waals surface area (Å²) in [6.07, 6.45) is 1.50. The van der Waals surface area contributed by atoms with E-state index >= 15 is 0 Å². The Kier molecular flexibility index (Phi) is 3.65. The van der Waals surface area contributed by atoms with E-state index in [2.05, 4.69) is 10.3 Å². The van der Waals surface area contributed by atoms with Gasteiger partial charge >= 0.3 is 5.97 Å². The second-order valence-corrected chi connectivity index (χ2v) is 4.15. The zero-order chi connectivity index (χ0) is 14.7. The van der Waals surface area contributed by atoms with Gasteiger partial charge in [0.15, 0.2) is 5.75 Å². The molecule has 20 heavy (non-hydrogen) atoms. The number of carbonyl (C=O) groups is 2. The monoisotopic (exact) mass is 272 g/mol. The molecule has 0 saturated heterocycles. The minimum absolute atomic E-state index is 0.0457. The number of rotatable bonds is 3. The number of pyridine rings is 1. The van der Waals surface area contributed by atoms with Gasteiger partial charge in [0.2, 0.25) is 0 Å². The van der Waals surface area contributed by atoms with Crippen LogP contribution >= 0.6 is 0 Å². The van der Waals surface area contributed by atoms with E-state index in [0.29, 0.717) is 11.3 Å². The normalized spacial score (nSPS) is 10.1. The summed E-state index contributed by atoms with van der Waals surface area (Å²) >= 11 is 0. The molecule has 0 atom stereocenters. The summed E-state index contributed by atoms with van der Waals surface area (Å²) in [6.45, 7) is 1.75. The highest BCUT2D eigenvalue weighted by Crippen LogP contribution is 2.27. The predicted octanol–water partition coefficient (Wildman–Crippen LogP) is 2.05. The smallest absolute Gasteiger partial charge is 0.339 e. The number of phenols is 1. The SMILES string of the molecule is Cc1cc(C(=O)Nc2cccc(C(=O)O)c2O)ccn1. The number of aromatic hydroxyl groups is 1. The highest BCUT2D eigenvalue weighted by Gasteiger charge is 2.15. The molecule has 0 aliphatic carbocycles. The van der Waals surface area contributed by atoms with Crippen molar-refractivity contribution >= 4 is 17.6 Å². The number of aromatic nitrogens is 1. The average Bonchev–Trinajstić information content (AvgIpc) is 2.40. The number of benzene rings is 1. The Hall–Kier alpha value is -2.89. The number of carbonyl (C=O) groups excluding carboxylic acids is 1. The summed E-state index contributed by atoms with van der Waals surface area (Å²) < 4.78 is 0. The van der Waals surface area contributed by atoms with Crippen molar-refractivity contribution in [3.8, 4) is 5.75 Å². The molecule has 0 unspecified atom stereocenters. The number of nitrogens with zero attached hydrogens (tertiary/aromatic N) is 1. The van der Waals surface area contributed by atoms with Gasteiger partial charge in [-0.25, -0.2) is 4.79 Å². The van der Waals surface area contributed by atoms with Crippen molar-refractivity contribution in [2.75, 3.05) is 5.32 Å². The third-order valence-corrected chi connectivity index (χ3v) is 2.67. The number of aromatic carboxylic acids is 1. The maximum atomic E-state index is 12.0. The van der Waals surface area contributed by atoms with E-state index < -0.39 is 17.6 Å². The van der Waals surface area contributed by atoms with Gasteiger partial charge in [0.05, 0.1) is 5.69 Å². The van der Waals surface area contributed by atoms with Crippen LogP contribution in [0, 0.1) is 6.92 Å². The summed E-state index contributed by atoms with van der Waals surface area (Å²) in [5.74, 6) is -2.19. The minimum atomic E-state index is -1.27. The third kappa shape index (κ3) is 2.74. The van der Waals surface area contributed by atoms with Crippen LogP contribution in [0.15, 0.2) is 36.5 Å². The molecule has 6 heteroatoms. The van der Waals surface area contributed by atoms with Crippen molar-refractivity contribution in [1.82, 2.24) is 4.98 Å². The van der Waals surface area contributed by atoms with Crippen LogP contribution in [0.3, 0.4) is 0 Å². The second-order valence-electron chi connectivity index (χ2n) is 4.15. The lowest BCUT2D eigenvalue weighted by molar-refractivity contribution is 0.0693. The lowest BCUT2D eigenvalue weighted by Crippen LogP contribution is -2.13.